The van der Waals surface area contributed by atoms with Gasteiger partial charge in [0.25, 0.3) is 0 Å². The summed E-state index contributed by atoms with van der Waals surface area (Å²) in [5.74, 6) is 0.121. The number of hydrogen-bond donors (Lipinski definition) is 2. The predicted molar refractivity (Wildman–Crippen MR) is 106 cm³/mol. The molecular weight excluding hydrogens is 342 g/mol. The van der Waals surface area contributed by atoms with Gasteiger partial charge in [-0.3, -0.25) is 14.4 Å². The highest BCUT2D eigenvalue weighted by atomic mass is 16.2. The second-order valence-electron chi connectivity index (χ2n) is 8.03. The number of benzene rings is 1. The summed E-state index contributed by atoms with van der Waals surface area (Å²) in [4.78, 5) is 38.0. The average Bonchev–Trinajstić information content (AvgIpc) is 2.59. The number of rotatable bonds is 8. The second-order valence-corrected chi connectivity index (χ2v) is 8.03. The van der Waals surface area contributed by atoms with Gasteiger partial charge in [0.15, 0.2) is 0 Å². The molecule has 0 atom stereocenters. The fourth-order valence-corrected chi connectivity index (χ4v) is 3.55. The van der Waals surface area contributed by atoms with Crippen LogP contribution in [0.5, 0.6) is 0 Å². The van der Waals surface area contributed by atoms with Crippen LogP contribution in [0.2, 0.25) is 0 Å². The van der Waals surface area contributed by atoms with Crippen molar-refractivity contribution >= 4 is 23.3 Å². The molecule has 1 fully saturated rings. The van der Waals surface area contributed by atoms with Gasteiger partial charge in [0.1, 0.15) is 5.78 Å². The first kappa shape index (κ1) is 21.1. The molecule has 1 aliphatic heterocycles. The van der Waals surface area contributed by atoms with Gasteiger partial charge in [-0.25, -0.2) is 0 Å². The lowest BCUT2D eigenvalue weighted by atomic mass is 9.95. The number of nitrogens with one attached hydrogen (secondary N) is 2. The van der Waals surface area contributed by atoms with Crippen molar-refractivity contribution in [1.29, 1.82) is 0 Å². The second kappa shape index (κ2) is 9.65. The fraction of sp³-hybridized carbons (Fsp3) is 0.571. The van der Waals surface area contributed by atoms with Crippen molar-refractivity contribution in [3.05, 3.63) is 30.3 Å². The van der Waals surface area contributed by atoms with Crippen LogP contribution < -0.4 is 10.6 Å². The van der Waals surface area contributed by atoms with E-state index < -0.39 is 5.54 Å². The van der Waals surface area contributed by atoms with Gasteiger partial charge < -0.3 is 15.5 Å². The third-order valence-electron chi connectivity index (χ3n) is 4.82. The van der Waals surface area contributed by atoms with Gasteiger partial charge >= 0.3 is 0 Å². The Balaban J connectivity index is 1.69. The Labute approximate surface area is 161 Å². The number of likely N-dealkylation sites (tertiary alicyclic amines) is 1. The molecule has 0 spiro atoms. The van der Waals surface area contributed by atoms with E-state index in [4.69, 9.17) is 0 Å². The molecule has 0 bridgehead atoms. The van der Waals surface area contributed by atoms with E-state index in [-0.39, 0.29) is 23.5 Å². The number of anilines is 1. The summed E-state index contributed by atoms with van der Waals surface area (Å²) in [6, 6.07) is 9.51. The van der Waals surface area contributed by atoms with Crippen molar-refractivity contribution in [2.24, 2.45) is 5.92 Å². The minimum Gasteiger partial charge on any atom is -0.351 e. The molecule has 0 aromatic heterocycles. The van der Waals surface area contributed by atoms with E-state index in [1.807, 2.05) is 44.2 Å². The molecule has 0 aliphatic carbocycles. The van der Waals surface area contributed by atoms with Gasteiger partial charge in [0.05, 0.1) is 0 Å². The third-order valence-corrected chi connectivity index (χ3v) is 4.82. The zero-order chi connectivity index (χ0) is 19.9. The van der Waals surface area contributed by atoms with Crippen LogP contribution in [0.1, 0.15) is 46.5 Å². The molecule has 1 heterocycles. The fourth-order valence-electron chi connectivity index (χ4n) is 3.55. The van der Waals surface area contributed by atoms with Crippen LogP contribution in [0.4, 0.5) is 5.69 Å². The Morgan fingerprint density at radius 3 is 2.33 bits per heavy atom. The zero-order valence-electron chi connectivity index (χ0n) is 16.6. The topological polar surface area (TPSA) is 78.5 Å². The van der Waals surface area contributed by atoms with Crippen LogP contribution >= 0.6 is 0 Å². The maximum absolute atomic E-state index is 12.4. The summed E-state index contributed by atoms with van der Waals surface area (Å²) in [6.45, 7) is 7.57. The van der Waals surface area contributed by atoms with Crippen LogP contribution in [-0.4, -0.2) is 47.7 Å². The third kappa shape index (κ3) is 7.51. The Morgan fingerprint density at radius 2 is 1.74 bits per heavy atom. The summed E-state index contributed by atoms with van der Waals surface area (Å²) in [5, 5.41) is 5.90. The molecule has 6 nitrogen and oxygen atoms in total. The number of carbonyl (C=O) groups is 3. The Hall–Kier alpha value is -2.21. The van der Waals surface area contributed by atoms with Crippen molar-refractivity contribution < 1.29 is 14.4 Å². The summed E-state index contributed by atoms with van der Waals surface area (Å²) in [7, 11) is 0. The lowest BCUT2D eigenvalue weighted by Gasteiger charge is -2.31. The molecular formula is C21H31N3O3. The quantitative estimate of drug-likeness (QED) is 0.734. The van der Waals surface area contributed by atoms with Crippen LogP contribution in [0, 0.1) is 5.92 Å². The van der Waals surface area contributed by atoms with E-state index in [0.29, 0.717) is 19.4 Å². The lowest BCUT2D eigenvalue weighted by molar-refractivity contribution is -0.125. The van der Waals surface area contributed by atoms with Crippen molar-refractivity contribution in [2.45, 2.75) is 52.0 Å². The van der Waals surface area contributed by atoms with E-state index >= 15 is 0 Å². The molecule has 27 heavy (non-hydrogen) atoms. The molecule has 148 valence electrons. The van der Waals surface area contributed by atoms with E-state index in [2.05, 4.69) is 15.5 Å². The van der Waals surface area contributed by atoms with Gasteiger partial charge in [0.2, 0.25) is 11.8 Å². The van der Waals surface area contributed by atoms with Crippen LogP contribution in [0.25, 0.3) is 0 Å². The minimum atomic E-state index is -0.508. The summed E-state index contributed by atoms with van der Waals surface area (Å²) >= 11 is 0. The first-order chi connectivity index (χ1) is 12.7. The van der Waals surface area contributed by atoms with E-state index in [9.17, 15) is 14.4 Å². The largest absolute Gasteiger partial charge is 0.351 e. The van der Waals surface area contributed by atoms with Crippen LogP contribution in [0.15, 0.2) is 30.3 Å². The zero-order valence-corrected chi connectivity index (χ0v) is 16.6. The molecule has 2 amide bonds. The highest BCUT2D eigenvalue weighted by molar-refractivity contribution is 5.92. The standard InChI is InChI=1S/C21H31N3O3/c1-16(25)15-21(2,3)23-19(26)11-14-24-12-9-17(10-13-24)20(27)22-18-7-5-4-6-8-18/h4-8,17H,9-15H2,1-3H3,(H,22,27)(H,23,26). The first-order valence-electron chi connectivity index (χ1n) is 9.64. The van der Waals surface area contributed by atoms with Gasteiger partial charge in [-0.15, -0.1) is 0 Å². The van der Waals surface area contributed by atoms with Crippen LogP contribution in [-0.2, 0) is 14.4 Å². The van der Waals surface area contributed by atoms with Crippen molar-refractivity contribution in [3.8, 4) is 0 Å². The molecule has 1 aliphatic rings. The molecule has 6 heteroatoms. The van der Waals surface area contributed by atoms with Gasteiger partial charge in [-0.2, -0.15) is 0 Å². The van der Waals surface area contributed by atoms with Gasteiger partial charge in [-0.05, 0) is 58.8 Å². The monoisotopic (exact) mass is 373 g/mol. The minimum absolute atomic E-state index is 0.0183. The van der Waals surface area contributed by atoms with Crippen LogP contribution in [0.3, 0.4) is 0 Å². The highest BCUT2D eigenvalue weighted by Crippen LogP contribution is 2.19. The number of amides is 2. The smallest absolute Gasteiger partial charge is 0.227 e. The number of Topliss-reactive ketones (excluding diaryl/α,β-unsaturated/α-hetero) is 1. The number of carbonyl (C=O) groups excluding carboxylic acids is 3. The van der Waals surface area contributed by atoms with E-state index in [1.165, 1.54) is 6.92 Å². The van der Waals surface area contributed by atoms with Crippen molar-refractivity contribution in [2.75, 3.05) is 25.0 Å². The Morgan fingerprint density at radius 1 is 1.11 bits per heavy atom. The average molecular weight is 373 g/mol. The van der Waals surface area contributed by atoms with Crippen molar-refractivity contribution in [3.63, 3.8) is 0 Å². The van der Waals surface area contributed by atoms with E-state index in [0.717, 1.165) is 31.6 Å². The maximum atomic E-state index is 12.4. The normalized spacial score (nSPS) is 16.0. The predicted octanol–water partition coefficient (Wildman–Crippen LogP) is 2.60. The molecule has 0 radical (unpaired) electrons. The number of nitrogens with zero attached hydrogens (tertiary/aromatic N) is 1. The molecule has 0 saturated carbocycles. The SMILES string of the molecule is CC(=O)CC(C)(C)NC(=O)CCN1CCC(C(=O)Nc2ccccc2)CC1. The highest BCUT2D eigenvalue weighted by Gasteiger charge is 2.26. The van der Waals surface area contributed by atoms with E-state index in [1.54, 1.807) is 0 Å². The molecule has 1 aromatic rings. The molecule has 1 aromatic carbocycles. The summed E-state index contributed by atoms with van der Waals surface area (Å²) < 4.78 is 0. The van der Waals surface area contributed by atoms with Gasteiger partial charge in [-0.1, -0.05) is 18.2 Å². The Bertz CT molecular complexity index is 650. The molecule has 1 saturated heterocycles. The summed E-state index contributed by atoms with van der Waals surface area (Å²) in [6.07, 6.45) is 2.34. The van der Waals surface area contributed by atoms with Gasteiger partial charge in [0, 0.05) is 36.5 Å². The molecule has 0 unspecified atom stereocenters. The summed E-state index contributed by atoms with van der Waals surface area (Å²) in [5.41, 5.74) is 0.320. The first-order valence-corrected chi connectivity index (χ1v) is 9.64. The molecule has 2 N–H and O–H groups in total. The number of piperidine rings is 1. The Kier molecular flexibility index (Phi) is 7.54. The van der Waals surface area contributed by atoms with Crippen molar-refractivity contribution in [1.82, 2.24) is 10.2 Å². The number of para-hydroxylation sites is 1. The lowest BCUT2D eigenvalue weighted by Crippen LogP contribution is -2.46. The number of ketones is 1. The molecule has 2 rings (SSSR count). The maximum Gasteiger partial charge on any atom is 0.227 e. The number of hydrogen-bond acceptors (Lipinski definition) is 4.